The zero-order valence-electron chi connectivity index (χ0n) is 9.87. The van der Waals surface area contributed by atoms with E-state index in [2.05, 4.69) is 21.2 Å². The van der Waals surface area contributed by atoms with Crippen molar-refractivity contribution in [1.82, 2.24) is 0 Å². The predicted octanol–water partition coefficient (Wildman–Crippen LogP) is 4.66. The molecule has 2 rings (SSSR count). The highest BCUT2D eigenvalue weighted by molar-refractivity contribution is 9.10. The van der Waals surface area contributed by atoms with E-state index in [0.717, 1.165) is 21.7 Å². The molecule has 0 spiro atoms. The summed E-state index contributed by atoms with van der Waals surface area (Å²) in [6, 6.07) is 8.66. The third-order valence-corrected chi connectivity index (χ3v) is 3.45. The lowest BCUT2D eigenvalue weighted by molar-refractivity contribution is 0.487. The molecule has 2 aromatic rings. The average molecular weight is 330 g/mol. The standard InChI is InChI=1S/C13H13BrFNOS/c1-18-8-11-4-3-10(17-11)7-16-13-6-9(14)2-5-12(13)15/h2-6,16H,7-8H2,1H3. The number of hydrogen-bond donors (Lipinski definition) is 1. The third kappa shape index (κ3) is 3.53. The highest BCUT2D eigenvalue weighted by atomic mass is 79.9. The van der Waals surface area contributed by atoms with Crippen LogP contribution in [-0.4, -0.2) is 6.26 Å². The van der Waals surface area contributed by atoms with Crippen molar-refractivity contribution in [2.24, 2.45) is 0 Å². The molecule has 1 heterocycles. The second kappa shape index (κ2) is 6.29. The van der Waals surface area contributed by atoms with Gasteiger partial charge in [-0.1, -0.05) is 15.9 Å². The molecule has 2 nitrogen and oxygen atoms in total. The second-order valence-corrected chi connectivity index (χ2v) is 5.56. The van der Waals surface area contributed by atoms with Crippen molar-refractivity contribution in [1.29, 1.82) is 0 Å². The van der Waals surface area contributed by atoms with Crippen LogP contribution in [0.1, 0.15) is 11.5 Å². The Morgan fingerprint density at radius 2 is 2.06 bits per heavy atom. The maximum Gasteiger partial charge on any atom is 0.146 e. The van der Waals surface area contributed by atoms with Crippen molar-refractivity contribution in [2.45, 2.75) is 12.3 Å². The molecule has 0 saturated heterocycles. The fourth-order valence-corrected chi connectivity index (χ4v) is 2.35. The molecule has 0 radical (unpaired) electrons. The van der Waals surface area contributed by atoms with E-state index < -0.39 is 0 Å². The molecule has 1 N–H and O–H groups in total. The van der Waals surface area contributed by atoms with Crippen LogP contribution in [0.15, 0.2) is 39.2 Å². The van der Waals surface area contributed by atoms with Crippen LogP contribution in [0, 0.1) is 5.82 Å². The summed E-state index contributed by atoms with van der Waals surface area (Å²) >= 11 is 5.02. The zero-order chi connectivity index (χ0) is 13.0. The largest absolute Gasteiger partial charge is 0.463 e. The van der Waals surface area contributed by atoms with Gasteiger partial charge in [0.2, 0.25) is 0 Å². The van der Waals surface area contributed by atoms with Crippen LogP contribution in [0.4, 0.5) is 10.1 Å². The van der Waals surface area contributed by atoms with Gasteiger partial charge >= 0.3 is 0 Å². The monoisotopic (exact) mass is 329 g/mol. The summed E-state index contributed by atoms with van der Waals surface area (Å²) in [5, 5.41) is 3.02. The van der Waals surface area contributed by atoms with Crippen LogP contribution < -0.4 is 5.32 Å². The van der Waals surface area contributed by atoms with Gasteiger partial charge < -0.3 is 9.73 Å². The summed E-state index contributed by atoms with van der Waals surface area (Å²) in [4.78, 5) is 0. The van der Waals surface area contributed by atoms with Crippen molar-refractivity contribution in [3.05, 3.63) is 52.1 Å². The van der Waals surface area contributed by atoms with Gasteiger partial charge in [0.25, 0.3) is 0 Å². The molecule has 18 heavy (non-hydrogen) atoms. The maximum atomic E-state index is 13.5. The smallest absolute Gasteiger partial charge is 0.146 e. The molecule has 1 aromatic heterocycles. The van der Waals surface area contributed by atoms with E-state index in [0.29, 0.717) is 12.2 Å². The first-order valence-corrected chi connectivity index (χ1v) is 7.63. The predicted molar refractivity (Wildman–Crippen MR) is 77.4 cm³/mol. The Balaban J connectivity index is 1.99. The van der Waals surface area contributed by atoms with Crippen molar-refractivity contribution in [3.63, 3.8) is 0 Å². The Hall–Kier alpha value is -0.940. The Bertz CT molecular complexity index is 529. The summed E-state index contributed by atoms with van der Waals surface area (Å²) in [5.74, 6) is 2.33. The topological polar surface area (TPSA) is 25.2 Å². The van der Waals surface area contributed by atoms with Gasteiger partial charge in [0, 0.05) is 4.47 Å². The van der Waals surface area contributed by atoms with Gasteiger partial charge in [-0.15, -0.1) is 0 Å². The maximum absolute atomic E-state index is 13.5. The van der Waals surface area contributed by atoms with Crippen molar-refractivity contribution in [2.75, 3.05) is 11.6 Å². The highest BCUT2D eigenvalue weighted by Gasteiger charge is 2.05. The molecule has 0 atom stereocenters. The van der Waals surface area contributed by atoms with Crippen molar-refractivity contribution < 1.29 is 8.81 Å². The summed E-state index contributed by atoms with van der Waals surface area (Å²) < 4.78 is 19.9. The number of hydrogen-bond acceptors (Lipinski definition) is 3. The van der Waals surface area contributed by atoms with E-state index in [-0.39, 0.29) is 5.82 Å². The first-order chi connectivity index (χ1) is 8.69. The lowest BCUT2D eigenvalue weighted by Crippen LogP contribution is -2.00. The van der Waals surface area contributed by atoms with Crippen LogP contribution in [0.25, 0.3) is 0 Å². The minimum absolute atomic E-state index is 0.269. The summed E-state index contributed by atoms with van der Waals surface area (Å²) in [7, 11) is 0. The molecule has 0 saturated carbocycles. The average Bonchev–Trinajstić information content (AvgIpc) is 2.79. The number of benzene rings is 1. The molecule has 0 fully saturated rings. The van der Waals surface area contributed by atoms with E-state index in [9.17, 15) is 4.39 Å². The second-order valence-electron chi connectivity index (χ2n) is 3.78. The fraction of sp³-hybridized carbons (Fsp3) is 0.231. The number of anilines is 1. The molecular formula is C13H13BrFNOS. The number of halogens is 2. The Morgan fingerprint density at radius 3 is 2.83 bits per heavy atom. The summed E-state index contributed by atoms with van der Waals surface area (Å²) in [5.41, 5.74) is 0.465. The first kappa shape index (κ1) is 13.5. The normalized spacial score (nSPS) is 10.6. The molecule has 5 heteroatoms. The van der Waals surface area contributed by atoms with Gasteiger partial charge in [-0.05, 0) is 36.6 Å². The fourth-order valence-electron chi connectivity index (χ4n) is 1.55. The zero-order valence-corrected chi connectivity index (χ0v) is 12.3. The minimum Gasteiger partial charge on any atom is -0.463 e. The van der Waals surface area contributed by atoms with Gasteiger partial charge in [-0.2, -0.15) is 11.8 Å². The van der Waals surface area contributed by atoms with Gasteiger partial charge in [0.15, 0.2) is 0 Å². The summed E-state index contributed by atoms with van der Waals surface area (Å²) in [6.07, 6.45) is 2.03. The van der Waals surface area contributed by atoms with Crippen LogP contribution in [0.3, 0.4) is 0 Å². The Labute approximate surface area is 118 Å². The van der Waals surface area contributed by atoms with Gasteiger partial charge in [-0.3, -0.25) is 0 Å². The van der Waals surface area contributed by atoms with Gasteiger partial charge in [-0.25, -0.2) is 4.39 Å². The quantitative estimate of drug-likeness (QED) is 0.863. The van der Waals surface area contributed by atoms with E-state index in [1.165, 1.54) is 6.07 Å². The molecule has 0 unspecified atom stereocenters. The molecule has 0 bridgehead atoms. The number of thioether (sulfide) groups is 1. The lowest BCUT2D eigenvalue weighted by Gasteiger charge is -2.06. The molecule has 0 amide bonds. The van der Waals surface area contributed by atoms with E-state index in [1.54, 1.807) is 23.9 Å². The van der Waals surface area contributed by atoms with Gasteiger partial charge in [0.05, 0.1) is 18.0 Å². The van der Waals surface area contributed by atoms with Gasteiger partial charge in [0.1, 0.15) is 17.3 Å². The third-order valence-electron chi connectivity index (χ3n) is 2.39. The van der Waals surface area contributed by atoms with E-state index in [1.807, 2.05) is 18.4 Å². The SMILES string of the molecule is CSCc1ccc(CNc2cc(Br)ccc2F)o1. The van der Waals surface area contributed by atoms with Crippen molar-refractivity contribution in [3.8, 4) is 0 Å². The number of rotatable bonds is 5. The summed E-state index contributed by atoms with van der Waals surface area (Å²) in [6.45, 7) is 0.474. The Kier molecular flexibility index (Phi) is 4.72. The molecule has 0 aliphatic heterocycles. The van der Waals surface area contributed by atoms with E-state index >= 15 is 0 Å². The van der Waals surface area contributed by atoms with Crippen LogP contribution in [0.5, 0.6) is 0 Å². The number of furan rings is 1. The highest BCUT2D eigenvalue weighted by Crippen LogP contribution is 2.21. The van der Waals surface area contributed by atoms with E-state index in [4.69, 9.17) is 4.42 Å². The molecule has 0 aliphatic rings. The molecular weight excluding hydrogens is 317 g/mol. The number of nitrogens with one attached hydrogen (secondary N) is 1. The van der Waals surface area contributed by atoms with Crippen LogP contribution >= 0.6 is 27.7 Å². The lowest BCUT2D eigenvalue weighted by atomic mass is 10.3. The minimum atomic E-state index is -0.269. The van der Waals surface area contributed by atoms with Crippen molar-refractivity contribution >= 4 is 33.4 Å². The molecule has 96 valence electrons. The Morgan fingerprint density at radius 1 is 1.28 bits per heavy atom. The molecule has 1 aromatic carbocycles. The van der Waals surface area contributed by atoms with Crippen LogP contribution in [-0.2, 0) is 12.3 Å². The van der Waals surface area contributed by atoms with Crippen LogP contribution in [0.2, 0.25) is 0 Å². The first-order valence-electron chi connectivity index (χ1n) is 5.44. The molecule has 0 aliphatic carbocycles.